The van der Waals surface area contributed by atoms with E-state index in [1.807, 2.05) is 10.6 Å². The SMILES string of the molecule is O=c1ccc2cnc(Nc3ccc(N4CCCCC4)cc3)nc2n1CC1CC=CCC1. The highest BCUT2D eigenvalue weighted by molar-refractivity contribution is 5.75. The second kappa shape index (κ2) is 8.92. The fraction of sp³-hybridized carbons (Fsp3) is 0.400. The normalized spacial score (nSPS) is 19.0. The average molecular weight is 416 g/mol. The van der Waals surface area contributed by atoms with E-state index >= 15 is 0 Å². The van der Waals surface area contributed by atoms with Gasteiger partial charge in [0.05, 0.1) is 0 Å². The van der Waals surface area contributed by atoms with Gasteiger partial charge >= 0.3 is 0 Å². The lowest BCUT2D eigenvalue weighted by atomic mass is 9.94. The fourth-order valence-electron chi connectivity index (χ4n) is 4.63. The van der Waals surface area contributed by atoms with Crippen LogP contribution in [0.15, 0.2) is 59.5 Å². The zero-order chi connectivity index (χ0) is 21.0. The van der Waals surface area contributed by atoms with Gasteiger partial charge in [-0.3, -0.25) is 9.36 Å². The lowest BCUT2D eigenvalue weighted by molar-refractivity contribution is 0.410. The molecule has 31 heavy (non-hydrogen) atoms. The van der Waals surface area contributed by atoms with Gasteiger partial charge in [-0.1, -0.05) is 12.2 Å². The summed E-state index contributed by atoms with van der Waals surface area (Å²) in [7, 11) is 0. The molecule has 0 spiro atoms. The maximum Gasteiger partial charge on any atom is 0.252 e. The van der Waals surface area contributed by atoms with Crippen LogP contribution in [0.4, 0.5) is 17.3 Å². The molecule has 2 aromatic heterocycles. The molecule has 0 radical (unpaired) electrons. The van der Waals surface area contributed by atoms with Crippen molar-refractivity contribution in [3.05, 3.63) is 65.1 Å². The summed E-state index contributed by atoms with van der Waals surface area (Å²) in [5, 5.41) is 4.20. The zero-order valence-electron chi connectivity index (χ0n) is 17.8. The van der Waals surface area contributed by atoms with Crippen LogP contribution in [0.3, 0.4) is 0 Å². The Morgan fingerprint density at radius 2 is 1.84 bits per heavy atom. The van der Waals surface area contributed by atoms with Crippen molar-refractivity contribution in [1.29, 1.82) is 0 Å². The number of aromatic nitrogens is 3. The number of hydrogen-bond acceptors (Lipinski definition) is 5. The molecule has 1 aliphatic carbocycles. The summed E-state index contributed by atoms with van der Waals surface area (Å²) in [6.45, 7) is 2.96. The highest BCUT2D eigenvalue weighted by atomic mass is 16.1. The van der Waals surface area contributed by atoms with Crippen molar-refractivity contribution < 1.29 is 0 Å². The van der Waals surface area contributed by atoms with Crippen LogP contribution >= 0.6 is 0 Å². The van der Waals surface area contributed by atoms with Gasteiger partial charge in [0.1, 0.15) is 5.65 Å². The summed E-state index contributed by atoms with van der Waals surface area (Å²) in [5.41, 5.74) is 2.91. The van der Waals surface area contributed by atoms with E-state index in [1.54, 1.807) is 12.3 Å². The van der Waals surface area contributed by atoms with Crippen molar-refractivity contribution >= 4 is 28.4 Å². The van der Waals surface area contributed by atoms with Gasteiger partial charge in [0, 0.05) is 48.7 Å². The first-order valence-electron chi connectivity index (χ1n) is 11.4. The molecule has 3 heterocycles. The van der Waals surface area contributed by atoms with E-state index in [2.05, 4.69) is 51.6 Å². The molecular formula is C25H29N5O. The third kappa shape index (κ3) is 4.48. The molecule has 1 fully saturated rings. The minimum absolute atomic E-state index is 0.00223. The van der Waals surface area contributed by atoms with Crippen molar-refractivity contribution in [3.63, 3.8) is 0 Å². The maximum atomic E-state index is 12.6. The summed E-state index contributed by atoms with van der Waals surface area (Å²) < 4.78 is 1.81. The number of allylic oxidation sites excluding steroid dienone is 2. The van der Waals surface area contributed by atoms with E-state index in [4.69, 9.17) is 4.98 Å². The van der Waals surface area contributed by atoms with E-state index < -0.39 is 0 Å². The number of nitrogens with zero attached hydrogens (tertiary/aromatic N) is 4. The molecule has 0 bridgehead atoms. The number of pyridine rings is 1. The van der Waals surface area contributed by atoms with E-state index in [9.17, 15) is 4.79 Å². The van der Waals surface area contributed by atoms with Crippen molar-refractivity contribution in [1.82, 2.24) is 14.5 Å². The monoisotopic (exact) mass is 415 g/mol. The first-order chi connectivity index (χ1) is 15.3. The van der Waals surface area contributed by atoms with E-state index in [-0.39, 0.29) is 5.56 Å². The van der Waals surface area contributed by atoms with Gasteiger partial charge in [-0.25, -0.2) is 4.98 Å². The lowest BCUT2D eigenvalue weighted by Crippen LogP contribution is -2.29. The average Bonchev–Trinajstić information content (AvgIpc) is 2.83. The minimum Gasteiger partial charge on any atom is -0.372 e. The van der Waals surface area contributed by atoms with E-state index in [1.165, 1.54) is 24.9 Å². The lowest BCUT2D eigenvalue weighted by Gasteiger charge is -2.28. The second-order valence-corrected chi connectivity index (χ2v) is 8.62. The fourth-order valence-corrected chi connectivity index (χ4v) is 4.63. The molecule has 3 aromatic rings. The maximum absolute atomic E-state index is 12.6. The third-order valence-corrected chi connectivity index (χ3v) is 6.39. The number of nitrogens with one attached hydrogen (secondary N) is 1. The Morgan fingerprint density at radius 1 is 1.00 bits per heavy atom. The molecule has 5 rings (SSSR count). The van der Waals surface area contributed by atoms with Crippen LogP contribution in [-0.2, 0) is 6.54 Å². The van der Waals surface area contributed by atoms with Gasteiger partial charge in [0.25, 0.3) is 5.56 Å². The van der Waals surface area contributed by atoms with E-state index in [0.29, 0.717) is 24.1 Å². The molecule has 1 N–H and O–H groups in total. The smallest absolute Gasteiger partial charge is 0.252 e. The molecule has 6 heteroatoms. The Balaban J connectivity index is 1.38. The number of hydrogen-bond donors (Lipinski definition) is 1. The highest BCUT2D eigenvalue weighted by Gasteiger charge is 2.15. The number of rotatable bonds is 5. The van der Waals surface area contributed by atoms with Gasteiger partial charge in [-0.15, -0.1) is 0 Å². The standard InChI is InChI=1S/C25H29N5O/c31-23-14-9-20-17-26-25(28-24(20)30(23)18-19-7-3-1-4-8-19)27-21-10-12-22(13-11-21)29-15-5-2-6-16-29/h1,3,9-14,17,19H,2,4-8,15-16,18H2,(H,26,27,28). The third-order valence-electron chi connectivity index (χ3n) is 6.39. The molecule has 1 unspecified atom stereocenters. The minimum atomic E-state index is -0.00223. The second-order valence-electron chi connectivity index (χ2n) is 8.62. The van der Waals surface area contributed by atoms with Gasteiger partial charge in [-0.2, -0.15) is 4.98 Å². The molecule has 160 valence electrons. The summed E-state index contributed by atoms with van der Waals surface area (Å²) in [5.74, 6) is 0.989. The Hall–Kier alpha value is -3.15. The quantitative estimate of drug-likeness (QED) is 0.602. The van der Waals surface area contributed by atoms with Crippen LogP contribution in [0, 0.1) is 5.92 Å². The largest absolute Gasteiger partial charge is 0.372 e. The van der Waals surface area contributed by atoms with Crippen LogP contribution in [0.25, 0.3) is 11.0 Å². The highest BCUT2D eigenvalue weighted by Crippen LogP contribution is 2.24. The first-order valence-corrected chi connectivity index (χ1v) is 11.4. The van der Waals surface area contributed by atoms with Crippen molar-refractivity contribution in [3.8, 4) is 0 Å². The molecule has 1 aromatic carbocycles. The van der Waals surface area contributed by atoms with Gasteiger partial charge in [0.2, 0.25) is 5.95 Å². The molecule has 0 amide bonds. The molecular weight excluding hydrogens is 386 g/mol. The predicted octanol–water partition coefficient (Wildman–Crippen LogP) is 4.88. The number of piperidine rings is 1. The number of benzene rings is 1. The van der Waals surface area contributed by atoms with Crippen LogP contribution in [-0.4, -0.2) is 27.6 Å². The van der Waals surface area contributed by atoms with Crippen molar-refractivity contribution in [2.45, 2.75) is 45.1 Å². The van der Waals surface area contributed by atoms with E-state index in [0.717, 1.165) is 43.4 Å². The van der Waals surface area contributed by atoms with Gasteiger partial charge in [0.15, 0.2) is 0 Å². The van der Waals surface area contributed by atoms with Crippen LogP contribution in [0.5, 0.6) is 0 Å². The van der Waals surface area contributed by atoms with Gasteiger partial charge < -0.3 is 10.2 Å². The summed E-state index contributed by atoms with van der Waals surface area (Å²) in [6.07, 6.45) is 13.3. The van der Waals surface area contributed by atoms with Crippen molar-refractivity contribution in [2.75, 3.05) is 23.3 Å². The van der Waals surface area contributed by atoms with Gasteiger partial charge in [-0.05, 0) is 74.8 Å². The Kier molecular flexibility index (Phi) is 5.69. The van der Waals surface area contributed by atoms with Crippen molar-refractivity contribution in [2.24, 2.45) is 5.92 Å². The van der Waals surface area contributed by atoms with Crippen LogP contribution in [0.2, 0.25) is 0 Å². The summed E-state index contributed by atoms with van der Waals surface area (Å²) >= 11 is 0. The molecule has 0 saturated carbocycles. The number of anilines is 3. The van der Waals surface area contributed by atoms with Crippen LogP contribution in [0.1, 0.15) is 38.5 Å². The Morgan fingerprint density at radius 3 is 2.61 bits per heavy atom. The Bertz CT molecular complexity index is 1130. The molecule has 1 atom stereocenters. The van der Waals surface area contributed by atoms with Crippen LogP contribution < -0.4 is 15.8 Å². The summed E-state index contributed by atoms with van der Waals surface area (Å²) in [6, 6.07) is 11.9. The topological polar surface area (TPSA) is 63.1 Å². The number of fused-ring (bicyclic) bond motifs is 1. The molecule has 1 saturated heterocycles. The first kappa shape index (κ1) is 19.8. The Labute approximate surface area is 182 Å². The predicted molar refractivity (Wildman–Crippen MR) is 126 cm³/mol. The molecule has 2 aliphatic rings. The summed E-state index contributed by atoms with van der Waals surface area (Å²) in [4.78, 5) is 24.3. The zero-order valence-corrected chi connectivity index (χ0v) is 17.8. The molecule has 1 aliphatic heterocycles. The molecule has 6 nitrogen and oxygen atoms in total.